The van der Waals surface area contributed by atoms with Crippen LogP contribution in [0.1, 0.15) is 29.8 Å². The van der Waals surface area contributed by atoms with Crippen LogP contribution in [0.3, 0.4) is 0 Å². The van der Waals surface area contributed by atoms with Gasteiger partial charge in [-0.25, -0.2) is 0 Å². The maximum atomic E-state index is 11.9. The highest BCUT2D eigenvalue weighted by molar-refractivity contribution is 6.01. The summed E-state index contributed by atoms with van der Waals surface area (Å²) in [5.74, 6) is 0.269. The number of aryl methyl sites for hydroxylation is 1. The summed E-state index contributed by atoms with van der Waals surface area (Å²) in [7, 11) is 0. The highest BCUT2D eigenvalue weighted by Gasteiger charge is 2.10. The lowest BCUT2D eigenvalue weighted by molar-refractivity contribution is 0.0939. The summed E-state index contributed by atoms with van der Waals surface area (Å²) < 4.78 is 0. The van der Waals surface area contributed by atoms with E-state index in [4.69, 9.17) is 0 Å². The maximum absolute atomic E-state index is 11.9. The van der Waals surface area contributed by atoms with E-state index in [2.05, 4.69) is 25.1 Å². The van der Waals surface area contributed by atoms with Gasteiger partial charge < -0.3 is 0 Å². The largest absolute Gasteiger partial charge is 0.294 e. The smallest absolute Gasteiger partial charge is 0.165 e. The standard InChI is InChI=1S/C15H16O/c1-10(2)15(16)14-7-6-12-8-11(3)4-5-13(12)9-14/h4-10H,1-3H3. The molecule has 0 unspecified atom stereocenters. The predicted molar refractivity (Wildman–Crippen MR) is 67.9 cm³/mol. The van der Waals surface area contributed by atoms with Crippen LogP contribution >= 0.6 is 0 Å². The molecule has 0 heterocycles. The van der Waals surface area contributed by atoms with E-state index in [0.29, 0.717) is 0 Å². The Hall–Kier alpha value is -1.63. The van der Waals surface area contributed by atoms with Crippen molar-refractivity contribution >= 4 is 16.6 Å². The molecule has 16 heavy (non-hydrogen) atoms. The van der Waals surface area contributed by atoms with Crippen molar-refractivity contribution in [1.82, 2.24) is 0 Å². The van der Waals surface area contributed by atoms with Gasteiger partial charge in [0.25, 0.3) is 0 Å². The van der Waals surface area contributed by atoms with Gasteiger partial charge in [0, 0.05) is 11.5 Å². The van der Waals surface area contributed by atoms with Gasteiger partial charge in [0.05, 0.1) is 0 Å². The molecule has 82 valence electrons. The van der Waals surface area contributed by atoms with Crippen molar-refractivity contribution in [3.05, 3.63) is 47.5 Å². The minimum atomic E-state index is 0.0582. The van der Waals surface area contributed by atoms with Crippen LogP contribution in [0, 0.1) is 12.8 Å². The summed E-state index contributed by atoms with van der Waals surface area (Å²) in [6.45, 7) is 5.94. The summed E-state index contributed by atoms with van der Waals surface area (Å²) in [4.78, 5) is 11.9. The fraction of sp³-hybridized carbons (Fsp3) is 0.267. The molecule has 2 aromatic rings. The number of benzene rings is 2. The zero-order valence-corrected chi connectivity index (χ0v) is 9.95. The Kier molecular flexibility index (Phi) is 2.78. The third-order valence-electron chi connectivity index (χ3n) is 2.80. The summed E-state index contributed by atoms with van der Waals surface area (Å²) in [6, 6.07) is 12.2. The summed E-state index contributed by atoms with van der Waals surface area (Å²) in [6.07, 6.45) is 0. The van der Waals surface area contributed by atoms with Crippen LogP contribution in [0.25, 0.3) is 10.8 Å². The third-order valence-corrected chi connectivity index (χ3v) is 2.80. The molecule has 0 aliphatic heterocycles. The molecule has 0 saturated carbocycles. The van der Waals surface area contributed by atoms with Crippen LogP contribution < -0.4 is 0 Å². The van der Waals surface area contributed by atoms with E-state index in [1.807, 2.05) is 32.0 Å². The molecule has 0 aromatic heterocycles. The molecule has 0 atom stereocenters. The summed E-state index contributed by atoms with van der Waals surface area (Å²) >= 11 is 0. The van der Waals surface area contributed by atoms with Gasteiger partial charge in [-0.1, -0.05) is 49.7 Å². The lowest BCUT2D eigenvalue weighted by atomic mass is 9.98. The summed E-state index contributed by atoms with van der Waals surface area (Å²) in [5, 5.41) is 2.33. The van der Waals surface area contributed by atoms with Gasteiger partial charge in [0.15, 0.2) is 5.78 Å². The second kappa shape index (κ2) is 4.09. The minimum Gasteiger partial charge on any atom is -0.294 e. The SMILES string of the molecule is Cc1ccc2cc(C(=O)C(C)C)ccc2c1. The van der Waals surface area contributed by atoms with Gasteiger partial charge in [-0.3, -0.25) is 4.79 Å². The first-order valence-electron chi connectivity index (χ1n) is 5.62. The maximum Gasteiger partial charge on any atom is 0.165 e. The van der Waals surface area contributed by atoms with Crippen molar-refractivity contribution in [2.24, 2.45) is 5.92 Å². The first-order valence-corrected chi connectivity index (χ1v) is 5.62. The quantitative estimate of drug-likeness (QED) is 0.688. The fourth-order valence-corrected chi connectivity index (χ4v) is 1.85. The van der Waals surface area contributed by atoms with Crippen molar-refractivity contribution in [3.63, 3.8) is 0 Å². The summed E-state index contributed by atoms with van der Waals surface area (Å²) in [5.41, 5.74) is 2.06. The van der Waals surface area contributed by atoms with E-state index in [1.54, 1.807) is 0 Å². The molecule has 0 spiro atoms. The van der Waals surface area contributed by atoms with Gasteiger partial charge in [-0.05, 0) is 23.8 Å². The zero-order valence-electron chi connectivity index (χ0n) is 9.95. The van der Waals surface area contributed by atoms with Gasteiger partial charge in [0.2, 0.25) is 0 Å². The average Bonchev–Trinajstić information content (AvgIpc) is 2.27. The van der Waals surface area contributed by atoms with Crippen LogP contribution in [0.5, 0.6) is 0 Å². The molecule has 2 aromatic carbocycles. The van der Waals surface area contributed by atoms with E-state index in [-0.39, 0.29) is 11.7 Å². The second-order valence-electron chi connectivity index (χ2n) is 4.58. The molecule has 1 nitrogen and oxygen atoms in total. The van der Waals surface area contributed by atoms with Crippen molar-refractivity contribution < 1.29 is 4.79 Å². The number of Topliss-reactive ketones (excluding diaryl/α,β-unsaturated/α-hetero) is 1. The van der Waals surface area contributed by atoms with Crippen LogP contribution in [0.4, 0.5) is 0 Å². The number of carbonyl (C=O) groups excluding carboxylic acids is 1. The Bertz CT molecular complexity index is 538. The van der Waals surface area contributed by atoms with Gasteiger partial charge in [-0.15, -0.1) is 0 Å². The lowest BCUT2D eigenvalue weighted by Gasteiger charge is -2.06. The third kappa shape index (κ3) is 1.99. The van der Waals surface area contributed by atoms with Crippen molar-refractivity contribution in [2.45, 2.75) is 20.8 Å². The van der Waals surface area contributed by atoms with Gasteiger partial charge in [0.1, 0.15) is 0 Å². The molecule has 0 radical (unpaired) electrons. The molecular weight excluding hydrogens is 196 g/mol. The zero-order chi connectivity index (χ0) is 11.7. The van der Waals surface area contributed by atoms with E-state index in [0.717, 1.165) is 10.9 Å². The Morgan fingerprint density at radius 3 is 2.31 bits per heavy atom. The van der Waals surface area contributed by atoms with Crippen LogP contribution in [-0.2, 0) is 0 Å². The van der Waals surface area contributed by atoms with Crippen molar-refractivity contribution in [3.8, 4) is 0 Å². The van der Waals surface area contributed by atoms with E-state index in [1.165, 1.54) is 10.9 Å². The molecule has 0 N–H and O–H groups in total. The number of fused-ring (bicyclic) bond motifs is 1. The lowest BCUT2D eigenvalue weighted by Crippen LogP contribution is -2.06. The van der Waals surface area contributed by atoms with Crippen LogP contribution in [-0.4, -0.2) is 5.78 Å². The average molecular weight is 212 g/mol. The number of hydrogen-bond acceptors (Lipinski definition) is 1. The van der Waals surface area contributed by atoms with E-state index >= 15 is 0 Å². The van der Waals surface area contributed by atoms with Crippen LogP contribution in [0.2, 0.25) is 0 Å². The predicted octanol–water partition coefficient (Wildman–Crippen LogP) is 3.99. The number of hydrogen-bond donors (Lipinski definition) is 0. The molecule has 2 rings (SSSR count). The topological polar surface area (TPSA) is 17.1 Å². The van der Waals surface area contributed by atoms with Crippen molar-refractivity contribution in [1.29, 1.82) is 0 Å². The van der Waals surface area contributed by atoms with Gasteiger partial charge >= 0.3 is 0 Å². The molecule has 0 aliphatic rings. The Labute approximate surface area is 96.1 Å². The fourth-order valence-electron chi connectivity index (χ4n) is 1.85. The minimum absolute atomic E-state index is 0.0582. The Morgan fingerprint density at radius 1 is 1.00 bits per heavy atom. The molecule has 0 saturated heterocycles. The monoisotopic (exact) mass is 212 g/mol. The molecule has 0 amide bonds. The normalized spacial score (nSPS) is 11.0. The number of rotatable bonds is 2. The molecule has 0 aliphatic carbocycles. The first-order chi connectivity index (χ1) is 7.58. The number of carbonyl (C=O) groups is 1. The first kappa shape index (κ1) is 10.9. The van der Waals surface area contributed by atoms with E-state index in [9.17, 15) is 4.79 Å². The van der Waals surface area contributed by atoms with Gasteiger partial charge in [-0.2, -0.15) is 0 Å². The molecule has 1 heteroatoms. The molecule has 0 bridgehead atoms. The van der Waals surface area contributed by atoms with E-state index < -0.39 is 0 Å². The van der Waals surface area contributed by atoms with Crippen LogP contribution in [0.15, 0.2) is 36.4 Å². The Morgan fingerprint density at radius 2 is 1.62 bits per heavy atom. The Balaban J connectivity index is 2.52. The molecule has 0 fully saturated rings. The highest BCUT2D eigenvalue weighted by atomic mass is 16.1. The second-order valence-corrected chi connectivity index (χ2v) is 4.58. The number of ketones is 1. The highest BCUT2D eigenvalue weighted by Crippen LogP contribution is 2.19. The van der Waals surface area contributed by atoms with Crippen molar-refractivity contribution in [2.75, 3.05) is 0 Å². The molecular formula is C15H16O.